The topological polar surface area (TPSA) is 69.6 Å². The number of rotatable bonds is 3. The number of likely N-dealkylation sites (tertiary alicyclic amines) is 1. The van der Waals surface area contributed by atoms with Crippen LogP contribution in [0, 0.1) is 0 Å². The highest BCUT2D eigenvalue weighted by Gasteiger charge is 2.41. The van der Waals surface area contributed by atoms with E-state index in [0.29, 0.717) is 18.9 Å². The number of carbonyl (C=O) groups is 2. The van der Waals surface area contributed by atoms with E-state index in [9.17, 15) is 9.59 Å². The number of hydrogen-bond acceptors (Lipinski definition) is 6. The highest BCUT2D eigenvalue weighted by Crippen LogP contribution is 2.21. The van der Waals surface area contributed by atoms with E-state index in [2.05, 4.69) is 35.7 Å². The molecule has 2 saturated heterocycles. The molecular formula is C14H18BrN5O2. The molecule has 3 rings (SSSR count). The van der Waals surface area contributed by atoms with Crippen LogP contribution in [0.1, 0.15) is 13.3 Å². The van der Waals surface area contributed by atoms with Gasteiger partial charge in [-0.1, -0.05) is 0 Å². The predicted octanol–water partition coefficient (Wildman–Crippen LogP) is 0.508. The Balaban J connectivity index is 1.61. The van der Waals surface area contributed by atoms with E-state index in [4.69, 9.17) is 0 Å². The molecule has 22 heavy (non-hydrogen) atoms. The number of imide groups is 1. The van der Waals surface area contributed by atoms with Crippen LogP contribution in [0.5, 0.6) is 0 Å². The number of piperazine rings is 1. The number of carbonyl (C=O) groups excluding carboxylic acids is 2. The van der Waals surface area contributed by atoms with Gasteiger partial charge in [0.05, 0.1) is 16.9 Å². The van der Waals surface area contributed by atoms with Gasteiger partial charge in [0, 0.05) is 45.1 Å². The third-order valence-corrected chi connectivity index (χ3v) is 4.59. The molecule has 7 nitrogen and oxygen atoms in total. The molecular weight excluding hydrogens is 350 g/mol. The van der Waals surface area contributed by atoms with Crippen molar-refractivity contribution in [1.29, 1.82) is 0 Å². The molecule has 0 aromatic carbocycles. The van der Waals surface area contributed by atoms with E-state index in [1.54, 1.807) is 12.4 Å². The van der Waals surface area contributed by atoms with E-state index < -0.39 is 0 Å². The molecule has 0 spiro atoms. The standard InChI is InChI=1S/C14H18BrN5O2/c1-2-20-12(21)7-11(13(20)22)18-3-5-19(6-4-18)14-16-8-10(15)9-17-14/h8-9,11H,2-7H2,1H3. The molecule has 3 heterocycles. The van der Waals surface area contributed by atoms with Gasteiger partial charge in [-0.05, 0) is 22.9 Å². The predicted molar refractivity (Wildman–Crippen MR) is 84.3 cm³/mol. The fraction of sp³-hybridized carbons (Fsp3) is 0.571. The summed E-state index contributed by atoms with van der Waals surface area (Å²) in [5, 5.41) is 0. The van der Waals surface area contributed by atoms with Crippen LogP contribution in [0.15, 0.2) is 16.9 Å². The number of hydrogen-bond donors (Lipinski definition) is 0. The summed E-state index contributed by atoms with van der Waals surface area (Å²) in [5.41, 5.74) is 0. The Morgan fingerprint density at radius 2 is 1.82 bits per heavy atom. The molecule has 0 aliphatic carbocycles. The van der Waals surface area contributed by atoms with E-state index in [1.165, 1.54) is 4.90 Å². The van der Waals surface area contributed by atoms with Gasteiger partial charge >= 0.3 is 0 Å². The smallest absolute Gasteiger partial charge is 0.247 e. The van der Waals surface area contributed by atoms with Crippen LogP contribution in [-0.4, -0.2) is 70.3 Å². The van der Waals surface area contributed by atoms with E-state index in [0.717, 1.165) is 30.7 Å². The van der Waals surface area contributed by atoms with Crippen LogP contribution in [0.3, 0.4) is 0 Å². The highest BCUT2D eigenvalue weighted by atomic mass is 79.9. The average Bonchev–Trinajstić information content (AvgIpc) is 2.82. The number of halogens is 1. The zero-order valence-corrected chi connectivity index (χ0v) is 14.0. The van der Waals surface area contributed by atoms with Crippen molar-refractivity contribution in [2.24, 2.45) is 0 Å². The average molecular weight is 368 g/mol. The molecule has 2 fully saturated rings. The summed E-state index contributed by atoms with van der Waals surface area (Å²) in [5.74, 6) is 0.587. The van der Waals surface area contributed by atoms with Crippen molar-refractivity contribution in [3.63, 3.8) is 0 Å². The first kappa shape index (κ1) is 15.4. The van der Waals surface area contributed by atoms with Crippen molar-refractivity contribution in [3.8, 4) is 0 Å². The number of amides is 2. The van der Waals surface area contributed by atoms with Gasteiger partial charge in [0.25, 0.3) is 0 Å². The summed E-state index contributed by atoms with van der Waals surface area (Å²) < 4.78 is 0.851. The Kier molecular flexibility index (Phi) is 4.39. The zero-order valence-electron chi connectivity index (χ0n) is 12.4. The van der Waals surface area contributed by atoms with Gasteiger partial charge in [0.15, 0.2) is 0 Å². The maximum absolute atomic E-state index is 12.3. The molecule has 1 atom stereocenters. The van der Waals surface area contributed by atoms with Crippen LogP contribution >= 0.6 is 15.9 Å². The minimum atomic E-state index is -0.291. The van der Waals surface area contributed by atoms with Crippen LogP contribution in [0.4, 0.5) is 5.95 Å². The molecule has 2 amide bonds. The van der Waals surface area contributed by atoms with Gasteiger partial charge in [-0.3, -0.25) is 19.4 Å². The molecule has 1 unspecified atom stereocenters. The number of nitrogens with zero attached hydrogens (tertiary/aromatic N) is 5. The van der Waals surface area contributed by atoms with Crippen molar-refractivity contribution in [3.05, 3.63) is 16.9 Å². The van der Waals surface area contributed by atoms with Gasteiger partial charge in [-0.2, -0.15) is 0 Å². The molecule has 118 valence electrons. The first-order valence-corrected chi connectivity index (χ1v) is 8.20. The quantitative estimate of drug-likeness (QED) is 0.725. The van der Waals surface area contributed by atoms with E-state index in [1.807, 2.05) is 6.92 Å². The lowest BCUT2D eigenvalue weighted by Gasteiger charge is -2.36. The van der Waals surface area contributed by atoms with Gasteiger partial charge in [0.2, 0.25) is 17.8 Å². The lowest BCUT2D eigenvalue weighted by atomic mass is 10.2. The molecule has 8 heteroatoms. The minimum absolute atomic E-state index is 0.0548. The summed E-state index contributed by atoms with van der Waals surface area (Å²) in [6.45, 7) is 5.28. The van der Waals surface area contributed by atoms with Crippen molar-refractivity contribution >= 4 is 33.7 Å². The zero-order chi connectivity index (χ0) is 15.7. The van der Waals surface area contributed by atoms with Gasteiger partial charge < -0.3 is 4.90 Å². The molecule has 0 bridgehead atoms. The molecule has 1 aromatic rings. The van der Waals surface area contributed by atoms with Gasteiger partial charge in [0.1, 0.15) is 0 Å². The minimum Gasteiger partial charge on any atom is -0.338 e. The van der Waals surface area contributed by atoms with Gasteiger partial charge in [-0.25, -0.2) is 9.97 Å². The van der Waals surface area contributed by atoms with Crippen LogP contribution in [-0.2, 0) is 9.59 Å². The van der Waals surface area contributed by atoms with Crippen molar-refractivity contribution in [1.82, 2.24) is 19.8 Å². The van der Waals surface area contributed by atoms with Gasteiger partial charge in [-0.15, -0.1) is 0 Å². The van der Waals surface area contributed by atoms with Crippen molar-refractivity contribution < 1.29 is 9.59 Å². The van der Waals surface area contributed by atoms with E-state index >= 15 is 0 Å². The Hall–Kier alpha value is -1.54. The third-order valence-electron chi connectivity index (χ3n) is 4.18. The third kappa shape index (κ3) is 2.85. The second kappa shape index (κ2) is 6.29. The highest BCUT2D eigenvalue weighted by molar-refractivity contribution is 9.10. The fourth-order valence-corrected chi connectivity index (χ4v) is 3.19. The van der Waals surface area contributed by atoms with Crippen molar-refractivity contribution in [2.75, 3.05) is 37.6 Å². The molecule has 2 aliphatic rings. The maximum Gasteiger partial charge on any atom is 0.247 e. The Labute approximate surface area is 137 Å². The van der Waals surface area contributed by atoms with Crippen LogP contribution in [0.25, 0.3) is 0 Å². The van der Waals surface area contributed by atoms with E-state index in [-0.39, 0.29) is 17.9 Å². The number of aromatic nitrogens is 2. The fourth-order valence-electron chi connectivity index (χ4n) is 2.99. The molecule has 0 saturated carbocycles. The monoisotopic (exact) mass is 367 g/mol. The van der Waals surface area contributed by atoms with Crippen LogP contribution in [0.2, 0.25) is 0 Å². The lowest BCUT2D eigenvalue weighted by Crippen LogP contribution is -2.53. The number of likely N-dealkylation sites (N-methyl/N-ethyl adjacent to an activating group) is 1. The normalized spacial score (nSPS) is 23.5. The summed E-state index contributed by atoms with van der Waals surface area (Å²) in [6.07, 6.45) is 3.77. The van der Waals surface area contributed by atoms with Crippen molar-refractivity contribution in [2.45, 2.75) is 19.4 Å². The molecule has 2 aliphatic heterocycles. The Bertz CT molecular complexity index is 571. The maximum atomic E-state index is 12.3. The first-order chi connectivity index (χ1) is 10.6. The lowest BCUT2D eigenvalue weighted by molar-refractivity contribution is -0.139. The Morgan fingerprint density at radius 1 is 1.18 bits per heavy atom. The second-order valence-corrected chi connectivity index (χ2v) is 6.34. The summed E-state index contributed by atoms with van der Waals surface area (Å²) in [4.78, 5) is 38.2. The molecule has 0 radical (unpaired) electrons. The second-order valence-electron chi connectivity index (χ2n) is 5.42. The molecule has 0 N–H and O–H groups in total. The largest absolute Gasteiger partial charge is 0.338 e. The number of anilines is 1. The first-order valence-electron chi connectivity index (χ1n) is 7.41. The molecule has 1 aromatic heterocycles. The van der Waals surface area contributed by atoms with Crippen LogP contribution < -0.4 is 4.90 Å². The Morgan fingerprint density at radius 3 is 2.36 bits per heavy atom. The summed E-state index contributed by atoms with van der Waals surface area (Å²) >= 11 is 3.32. The summed E-state index contributed by atoms with van der Waals surface area (Å²) in [7, 11) is 0. The summed E-state index contributed by atoms with van der Waals surface area (Å²) in [6, 6.07) is -0.291. The SMILES string of the molecule is CCN1C(=O)CC(N2CCN(c3ncc(Br)cn3)CC2)C1=O.